The molecule has 2 heterocycles. The lowest BCUT2D eigenvalue weighted by Crippen LogP contribution is -2.46. The Kier molecular flexibility index (Phi) is 5.21. The van der Waals surface area contributed by atoms with Crippen LogP contribution >= 0.6 is 11.6 Å². The zero-order chi connectivity index (χ0) is 13.8. The first-order valence-corrected chi connectivity index (χ1v) is 7.29. The Morgan fingerprint density at radius 2 is 1.84 bits per heavy atom. The van der Waals surface area contributed by atoms with Crippen molar-refractivity contribution >= 4 is 11.6 Å². The van der Waals surface area contributed by atoms with Gasteiger partial charge in [0.15, 0.2) is 0 Å². The van der Waals surface area contributed by atoms with Gasteiger partial charge >= 0.3 is 0 Å². The van der Waals surface area contributed by atoms with Crippen molar-refractivity contribution < 1.29 is 5.11 Å². The van der Waals surface area contributed by atoms with Gasteiger partial charge in [0.2, 0.25) is 0 Å². The maximum Gasteiger partial charge on any atom is 0.131 e. The number of hydrogen-bond donors (Lipinski definition) is 1. The van der Waals surface area contributed by atoms with Crippen LogP contribution in [0.3, 0.4) is 0 Å². The number of aryl methyl sites for hydroxylation is 2. The molecule has 1 fully saturated rings. The molecule has 1 aromatic heterocycles. The van der Waals surface area contributed by atoms with E-state index in [1.807, 2.05) is 7.05 Å². The van der Waals surface area contributed by atoms with Crippen molar-refractivity contribution in [2.75, 3.05) is 39.3 Å². The fourth-order valence-electron chi connectivity index (χ4n) is 2.58. The first kappa shape index (κ1) is 14.8. The standard InChI is InChI=1S/C13H23ClN4O/c1-3-12-11(13(14)16(2)15-12)10-18-6-4-17(5-7-18)8-9-19/h19H,3-10H2,1-2H3. The third-order valence-corrected chi connectivity index (χ3v) is 4.22. The normalized spacial score (nSPS) is 18.1. The maximum atomic E-state index is 8.94. The molecule has 6 heteroatoms. The van der Waals surface area contributed by atoms with Crippen LogP contribution in [0.2, 0.25) is 5.15 Å². The van der Waals surface area contributed by atoms with Crippen LogP contribution in [0.4, 0.5) is 0 Å². The number of aliphatic hydroxyl groups excluding tert-OH is 1. The van der Waals surface area contributed by atoms with Crippen molar-refractivity contribution in [3.05, 3.63) is 16.4 Å². The van der Waals surface area contributed by atoms with Crippen LogP contribution in [0.1, 0.15) is 18.2 Å². The minimum atomic E-state index is 0.244. The first-order chi connectivity index (χ1) is 9.15. The lowest BCUT2D eigenvalue weighted by molar-refractivity contribution is 0.108. The number of β-amino-alcohol motifs (C(OH)–C–C–N with tert-alkyl or cyclic N) is 1. The van der Waals surface area contributed by atoms with Crippen LogP contribution < -0.4 is 0 Å². The molecule has 0 unspecified atom stereocenters. The molecule has 0 aliphatic carbocycles. The molecule has 108 valence electrons. The van der Waals surface area contributed by atoms with E-state index in [1.54, 1.807) is 4.68 Å². The van der Waals surface area contributed by atoms with E-state index in [4.69, 9.17) is 16.7 Å². The number of hydrogen-bond acceptors (Lipinski definition) is 4. The highest BCUT2D eigenvalue weighted by atomic mass is 35.5. The van der Waals surface area contributed by atoms with Gasteiger partial charge in [0.05, 0.1) is 12.3 Å². The summed E-state index contributed by atoms with van der Waals surface area (Å²) in [5.74, 6) is 0. The summed E-state index contributed by atoms with van der Waals surface area (Å²) < 4.78 is 1.76. The third-order valence-electron chi connectivity index (χ3n) is 3.75. The maximum absolute atomic E-state index is 8.94. The van der Waals surface area contributed by atoms with E-state index >= 15 is 0 Å². The van der Waals surface area contributed by atoms with Gasteiger partial charge in [-0.25, -0.2) is 0 Å². The van der Waals surface area contributed by atoms with Crippen LogP contribution in [0, 0.1) is 0 Å². The molecule has 0 bridgehead atoms. The molecule has 19 heavy (non-hydrogen) atoms. The molecular formula is C13H23ClN4O. The van der Waals surface area contributed by atoms with Gasteiger partial charge in [0.1, 0.15) is 5.15 Å². The lowest BCUT2D eigenvalue weighted by atomic mass is 10.2. The summed E-state index contributed by atoms with van der Waals surface area (Å²) in [5.41, 5.74) is 2.27. The van der Waals surface area contributed by atoms with Gasteiger partial charge in [0, 0.05) is 51.9 Å². The average Bonchev–Trinajstić information content (AvgIpc) is 2.69. The topological polar surface area (TPSA) is 44.5 Å². The van der Waals surface area contributed by atoms with Crippen molar-refractivity contribution in [1.82, 2.24) is 19.6 Å². The van der Waals surface area contributed by atoms with Crippen molar-refractivity contribution in [3.63, 3.8) is 0 Å². The summed E-state index contributed by atoms with van der Waals surface area (Å²) in [5, 5.41) is 14.2. The zero-order valence-corrected chi connectivity index (χ0v) is 12.5. The second-order valence-electron chi connectivity index (χ2n) is 5.03. The number of nitrogens with zero attached hydrogens (tertiary/aromatic N) is 4. The lowest BCUT2D eigenvalue weighted by Gasteiger charge is -2.34. The molecule has 1 aliphatic heterocycles. The fourth-order valence-corrected chi connectivity index (χ4v) is 2.78. The highest BCUT2D eigenvalue weighted by Crippen LogP contribution is 2.22. The third kappa shape index (κ3) is 3.48. The summed E-state index contributed by atoms with van der Waals surface area (Å²) in [4.78, 5) is 4.71. The summed E-state index contributed by atoms with van der Waals surface area (Å²) in [6, 6.07) is 0. The fraction of sp³-hybridized carbons (Fsp3) is 0.769. The minimum absolute atomic E-state index is 0.244. The van der Waals surface area contributed by atoms with E-state index in [9.17, 15) is 0 Å². The van der Waals surface area contributed by atoms with E-state index in [-0.39, 0.29) is 6.61 Å². The minimum Gasteiger partial charge on any atom is -0.395 e. The van der Waals surface area contributed by atoms with Gasteiger partial charge in [-0.15, -0.1) is 0 Å². The van der Waals surface area contributed by atoms with Crippen LogP contribution in [-0.2, 0) is 20.0 Å². The number of aromatic nitrogens is 2. The van der Waals surface area contributed by atoms with Gasteiger partial charge in [-0.3, -0.25) is 14.5 Å². The highest BCUT2D eigenvalue weighted by molar-refractivity contribution is 6.30. The van der Waals surface area contributed by atoms with Crippen LogP contribution in [-0.4, -0.2) is 64.0 Å². The van der Waals surface area contributed by atoms with Crippen LogP contribution in [0.5, 0.6) is 0 Å². The monoisotopic (exact) mass is 286 g/mol. The Labute approximate surface area is 119 Å². The molecule has 1 N–H and O–H groups in total. The van der Waals surface area contributed by atoms with E-state index < -0.39 is 0 Å². The molecule has 0 aromatic carbocycles. The predicted molar refractivity (Wildman–Crippen MR) is 76.4 cm³/mol. The van der Waals surface area contributed by atoms with E-state index in [2.05, 4.69) is 21.8 Å². The Hall–Kier alpha value is -0.620. The van der Waals surface area contributed by atoms with Crippen LogP contribution in [0.15, 0.2) is 0 Å². The summed E-state index contributed by atoms with van der Waals surface area (Å²) in [6.45, 7) is 8.09. The molecule has 5 nitrogen and oxygen atoms in total. The second-order valence-corrected chi connectivity index (χ2v) is 5.39. The van der Waals surface area contributed by atoms with Gasteiger partial charge in [-0.2, -0.15) is 5.10 Å². The van der Waals surface area contributed by atoms with Crippen molar-refractivity contribution in [2.45, 2.75) is 19.9 Å². The largest absolute Gasteiger partial charge is 0.395 e. The van der Waals surface area contributed by atoms with Gasteiger partial charge < -0.3 is 5.11 Å². The molecule has 0 radical (unpaired) electrons. The molecule has 0 amide bonds. The number of rotatable bonds is 5. The summed E-state index contributed by atoms with van der Waals surface area (Å²) in [7, 11) is 1.89. The molecule has 0 spiro atoms. The second kappa shape index (κ2) is 6.70. The smallest absolute Gasteiger partial charge is 0.131 e. The predicted octanol–water partition coefficient (Wildman–Crippen LogP) is 0.746. The van der Waals surface area contributed by atoms with Crippen molar-refractivity contribution in [2.24, 2.45) is 7.05 Å². The van der Waals surface area contributed by atoms with Gasteiger partial charge in [-0.05, 0) is 6.42 Å². The molecule has 0 saturated carbocycles. The Morgan fingerprint density at radius 1 is 1.21 bits per heavy atom. The Balaban J connectivity index is 1.95. The number of halogens is 1. The first-order valence-electron chi connectivity index (χ1n) is 6.91. The summed E-state index contributed by atoms with van der Waals surface area (Å²) >= 11 is 6.32. The highest BCUT2D eigenvalue weighted by Gasteiger charge is 2.20. The van der Waals surface area contributed by atoms with Crippen molar-refractivity contribution in [1.29, 1.82) is 0 Å². The summed E-state index contributed by atoms with van der Waals surface area (Å²) in [6.07, 6.45) is 0.917. The zero-order valence-electron chi connectivity index (χ0n) is 11.8. The van der Waals surface area contributed by atoms with E-state index in [1.165, 1.54) is 5.56 Å². The molecule has 0 atom stereocenters. The van der Waals surface area contributed by atoms with Crippen LogP contribution in [0.25, 0.3) is 0 Å². The Bertz CT molecular complexity index is 413. The molecule has 1 aliphatic rings. The number of piperazine rings is 1. The average molecular weight is 287 g/mol. The van der Waals surface area contributed by atoms with Gasteiger partial charge in [-0.1, -0.05) is 18.5 Å². The number of aliphatic hydroxyl groups is 1. The van der Waals surface area contributed by atoms with E-state index in [0.717, 1.165) is 56.5 Å². The molecule has 1 saturated heterocycles. The Morgan fingerprint density at radius 3 is 2.42 bits per heavy atom. The molecule has 1 aromatic rings. The quantitative estimate of drug-likeness (QED) is 0.867. The molecular weight excluding hydrogens is 264 g/mol. The molecule has 2 rings (SSSR count). The SMILES string of the molecule is CCc1nn(C)c(Cl)c1CN1CCN(CCO)CC1. The van der Waals surface area contributed by atoms with E-state index in [0.29, 0.717) is 0 Å². The van der Waals surface area contributed by atoms with Gasteiger partial charge in [0.25, 0.3) is 0 Å². The van der Waals surface area contributed by atoms with Crippen molar-refractivity contribution in [3.8, 4) is 0 Å².